The van der Waals surface area contributed by atoms with Gasteiger partial charge in [0.05, 0.1) is 10.7 Å². The number of phenolic OH excluding ortho intramolecular Hbond substituents is 1. The predicted molar refractivity (Wildman–Crippen MR) is 105 cm³/mol. The monoisotopic (exact) mass is 432 g/mol. The zero-order valence-corrected chi connectivity index (χ0v) is 16.4. The van der Waals surface area contributed by atoms with Crippen LogP contribution in [0.4, 0.5) is 10.1 Å². The molecule has 1 N–H and O–H groups in total. The van der Waals surface area contributed by atoms with Crippen molar-refractivity contribution in [1.82, 2.24) is 15.2 Å². The molecule has 0 radical (unpaired) electrons. The van der Waals surface area contributed by atoms with Crippen LogP contribution in [0.15, 0.2) is 47.1 Å². The lowest BCUT2D eigenvalue weighted by atomic mass is 10.1. The van der Waals surface area contributed by atoms with Crippen molar-refractivity contribution in [1.29, 1.82) is 0 Å². The highest BCUT2D eigenvalue weighted by Crippen LogP contribution is 2.33. The first-order chi connectivity index (χ1) is 13.0. The fourth-order valence-electron chi connectivity index (χ4n) is 2.44. The maximum absolute atomic E-state index is 13.0. The van der Waals surface area contributed by atoms with Gasteiger partial charge in [0.15, 0.2) is 0 Å². The van der Waals surface area contributed by atoms with E-state index in [1.54, 1.807) is 6.07 Å². The van der Waals surface area contributed by atoms with Crippen molar-refractivity contribution in [3.8, 4) is 23.0 Å². The number of alkyl halides is 1. The molecule has 0 aliphatic rings. The fraction of sp³-hybridized carbons (Fsp3) is 0.211. The van der Waals surface area contributed by atoms with Gasteiger partial charge < -0.3 is 14.7 Å². The Morgan fingerprint density at radius 3 is 2.67 bits per heavy atom. The molecule has 1 heterocycles. The number of benzene rings is 2. The standard InChI is InChI=1S/C19H18BrFN4O2/c1-25(2)15-5-3-4-12(6-15)11-27-19-22-10-17(23-24-19)13-7-14(9-21)18(26)16(20)8-13/h3-8,10,26H,9,11H2,1-2H3. The molecule has 0 fully saturated rings. The molecular formula is C19H18BrFN4O2. The van der Waals surface area contributed by atoms with E-state index < -0.39 is 6.67 Å². The molecule has 3 rings (SSSR count). The number of phenols is 1. The number of hydrogen-bond acceptors (Lipinski definition) is 6. The summed E-state index contributed by atoms with van der Waals surface area (Å²) >= 11 is 3.20. The van der Waals surface area contributed by atoms with Crippen LogP contribution in [0.5, 0.6) is 11.8 Å². The number of hydrogen-bond donors (Lipinski definition) is 1. The first kappa shape index (κ1) is 19.0. The molecule has 27 heavy (non-hydrogen) atoms. The van der Waals surface area contributed by atoms with Crippen molar-refractivity contribution in [2.24, 2.45) is 0 Å². The summed E-state index contributed by atoms with van der Waals surface area (Å²) in [5.74, 6) is -0.123. The second-order valence-corrected chi connectivity index (χ2v) is 6.93. The summed E-state index contributed by atoms with van der Waals surface area (Å²) in [6.07, 6.45) is 1.50. The Morgan fingerprint density at radius 2 is 2.00 bits per heavy atom. The van der Waals surface area contributed by atoms with Gasteiger partial charge in [-0.25, -0.2) is 9.37 Å². The van der Waals surface area contributed by atoms with E-state index in [4.69, 9.17) is 4.74 Å². The third-order valence-corrected chi connectivity index (χ3v) is 4.52. The van der Waals surface area contributed by atoms with Gasteiger partial charge in [0.25, 0.3) is 0 Å². The lowest BCUT2D eigenvalue weighted by Gasteiger charge is -2.13. The van der Waals surface area contributed by atoms with Crippen molar-refractivity contribution >= 4 is 21.6 Å². The Bertz CT molecular complexity index is 935. The third kappa shape index (κ3) is 4.51. The predicted octanol–water partition coefficient (Wildman–Crippen LogP) is 4.12. The first-order valence-corrected chi connectivity index (χ1v) is 8.93. The summed E-state index contributed by atoms with van der Waals surface area (Å²) in [4.78, 5) is 6.17. The van der Waals surface area contributed by atoms with Crippen LogP contribution in [0.25, 0.3) is 11.3 Å². The van der Waals surface area contributed by atoms with Gasteiger partial charge in [-0.2, -0.15) is 0 Å². The highest BCUT2D eigenvalue weighted by Gasteiger charge is 2.11. The molecule has 8 heteroatoms. The quantitative estimate of drug-likeness (QED) is 0.631. The number of aromatic hydroxyl groups is 1. The zero-order valence-electron chi connectivity index (χ0n) is 14.9. The largest absolute Gasteiger partial charge is 0.506 e. The summed E-state index contributed by atoms with van der Waals surface area (Å²) < 4.78 is 19.0. The number of halogens is 2. The summed E-state index contributed by atoms with van der Waals surface area (Å²) in [5.41, 5.74) is 3.28. The number of ether oxygens (including phenoxy) is 1. The van der Waals surface area contributed by atoms with Gasteiger partial charge in [-0.1, -0.05) is 17.2 Å². The minimum atomic E-state index is -0.785. The topological polar surface area (TPSA) is 71.4 Å². The molecule has 0 atom stereocenters. The van der Waals surface area contributed by atoms with Crippen LogP contribution < -0.4 is 9.64 Å². The Morgan fingerprint density at radius 1 is 1.19 bits per heavy atom. The van der Waals surface area contributed by atoms with E-state index in [1.165, 1.54) is 12.3 Å². The van der Waals surface area contributed by atoms with E-state index in [2.05, 4.69) is 31.1 Å². The lowest BCUT2D eigenvalue weighted by molar-refractivity contribution is 0.277. The summed E-state index contributed by atoms with van der Waals surface area (Å²) in [6.45, 7) is -0.466. The second kappa shape index (κ2) is 8.30. The maximum Gasteiger partial charge on any atom is 0.336 e. The molecule has 0 unspecified atom stereocenters. The SMILES string of the molecule is CN(C)c1cccc(COc2ncc(-c3cc(Br)c(O)c(CF)c3)nn2)c1. The van der Waals surface area contributed by atoms with E-state index in [0.29, 0.717) is 22.3 Å². The smallest absolute Gasteiger partial charge is 0.336 e. The number of nitrogens with zero attached hydrogens (tertiary/aromatic N) is 4. The van der Waals surface area contributed by atoms with Gasteiger partial charge in [0.2, 0.25) is 0 Å². The lowest BCUT2D eigenvalue weighted by Crippen LogP contribution is -2.09. The highest BCUT2D eigenvalue weighted by atomic mass is 79.9. The second-order valence-electron chi connectivity index (χ2n) is 6.08. The van der Waals surface area contributed by atoms with E-state index in [9.17, 15) is 9.50 Å². The summed E-state index contributed by atoms with van der Waals surface area (Å²) in [5, 5.41) is 17.8. The third-order valence-electron chi connectivity index (χ3n) is 3.92. The van der Waals surface area contributed by atoms with Crippen LogP contribution >= 0.6 is 15.9 Å². The molecule has 0 aliphatic heterocycles. The normalized spacial score (nSPS) is 10.7. The first-order valence-electron chi connectivity index (χ1n) is 8.14. The van der Waals surface area contributed by atoms with Crippen LogP contribution in [0.1, 0.15) is 11.1 Å². The molecule has 140 valence electrons. The fourth-order valence-corrected chi connectivity index (χ4v) is 2.94. The molecule has 0 saturated heterocycles. The number of aromatic nitrogens is 3. The van der Waals surface area contributed by atoms with Crippen LogP contribution in [0.2, 0.25) is 0 Å². The van der Waals surface area contributed by atoms with E-state index >= 15 is 0 Å². The molecule has 0 amide bonds. The molecule has 0 saturated carbocycles. The van der Waals surface area contributed by atoms with Crippen molar-refractivity contribution in [3.05, 3.63) is 58.2 Å². The van der Waals surface area contributed by atoms with Crippen molar-refractivity contribution < 1.29 is 14.2 Å². The summed E-state index contributed by atoms with van der Waals surface area (Å²) in [6, 6.07) is 11.2. The molecule has 0 aliphatic carbocycles. The Balaban J connectivity index is 1.73. The minimum Gasteiger partial charge on any atom is -0.506 e. The van der Waals surface area contributed by atoms with Gasteiger partial charge >= 0.3 is 6.01 Å². The van der Waals surface area contributed by atoms with Gasteiger partial charge in [-0.05, 0) is 45.8 Å². The van der Waals surface area contributed by atoms with E-state index in [-0.39, 0.29) is 17.3 Å². The molecule has 1 aromatic heterocycles. The van der Waals surface area contributed by atoms with Gasteiger partial charge in [0.1, 0.15) is 24.7 Å². The van der Waals surface area contributed by atoms with E-state index in [0.717, 1.165) is 11.3 Å². The average Bonchev–Trinajstić information content (AvgIpc) is 2.69. The maximum atomic E-state index is 13.0. The van der Waals surface area contributed by atoms with E-state index in [1.807, 2.05) is 43.3 Å². The Kier molecular flexibility index (Phi) is 5.85. The number of rotatable bonds is 6. The van der Waals surface area contributed by atoms with Gasteiger partial charge in [0, 0.05) is 30.9 Å². The average molecular weight is 433 g/mol. The van der Waals surface area contributed by atoms with Crippen LogP contribution in [0.3, 0.4) is 0 Å². The molecule has 6 nitrogen and oxygen atoms in total. The Hall–Kier alpha value is -2.74. The van der Waals surface area contributed by atoms with Crippen LogP contribution in [0, 0.1) is 0 Å². The molecule has 0 bridgehead atoms. The molecule has 3 aromatic rings. The molecular weight excluding hydrogens is 415 g/mol. The van der Waals surface area contributed by atoms with Crippen molar-refractivity contribution in [2.45, 2.75) is 13.3 Å². The van der Waals surface area contributed by atoms with Gasteiger partial charge in [-0.15, -0.1) is 5.10 Å². The minimum absolute atomic E-state index is 0.123. The zero-order chi connectivity index (χ0) is 19.4. The highest BCUT2D eigenvalue weighted by molar-refractivity contribution is 9.10. The number of anilines is 1. The Labute approximate surface area is 164 Å². The van der Waals surface area contributed by atoms with Gasteiger partial charge in [-0.3, -0.25) is 0 Å². The van der Waals surface area contributed by atoms with Crippen molar-refractivity contribution in [3.63, 3.8) is 0 Å². The molecule has 2 aromatic carbocycles. The van der Waals surface area contributed by atoms with Crippen LogP contribution in [-0.2, 0) is 13.3 Å². The molecule has 0 spiro atoms. The van der Waals surface area contributed by atoms with Crippen molar-refractivity contribution in [2.75, 3.05) is 19.0 Å². The summed E-state index contributed by atoms with van der Waals surface area (Å²) in [7, 11) is 3.95. The van der Waals surface area contributed by atoms with Crippen LogP contribution in [-0.4, -0.2) is 34.4 Å².